The van der Waals surface area contributed by atoms with Gasteiger partial charge in [-0.25, -0.2) is 0 Å². The molecule has 0 unspecified atom stereocenters. The molecular formula is C66H82O7. The first-order valence-electron chi connectivity index (χ1n) is 26.0. The molecule has 0 amide bonds. The van der Waals surface area contributed by atoms with Crippen LogP contribution < -0.4 is 0 Å². The number of aromatic hydroxyl groups is 6. The number of rotatable bonds is 0. The summed E-state index contributed by atoms with van der Waals surface area (Å²) in [6.07, 6.45) is 0.726. The van der Waals surface area contributed by atoms with Gasteiger partial charge < -0.3 is 30.6 Å². The van der Waals surface area contributed by atoms with E-state index in [1.54, 1.807) is 12.1 Å². The Bertz CT molecular complexity index is 2950. The Hall–Kier alpha value is -6.21. The first-order chi connectivity index (χ1) is 33.3. The Morgan fingerprint density at radius 2 is 0.384 bits per heavy atom. The van der Waals surface area contributed by atoms with Crippen molar-refractivity contribution in [2.45, 2.75) is 189 Å². The number of hydrogen-bond donors (Lipinski definition) is 6. The average molecular weight is 987 g/mol. The second kappa shape index (κ2) is 18.6. The maximum absolute atomic E-state index is 15.3. The molecule has 388 valence electrons. The van der Waals surface area contributed by atoms with Crippen LogP contribution in [0, 0.1) is 0 Å². The number of benzene rings is 6. The number of ketones is 1. The van der Waals surface area contributed by atoms with E-state index in [2.05, 4.69) is 83.1 Å². The van der Waals surface area contributed by atoms with Gasteiger partial charge in [-0.15, -0.1) is 0 Å². The van der Waals surface area contributed by atoms with Gasteiger partial charge in [0.25, 0.3) is 0 Å². The van der Waals surface area contributed by atoms with Gasteiger partial charge in [-0.2, -0.15) is 0 Å². The third-order valence-corrected chi connectivity index (χ3v) is 15.0. The van der Waals surface area contributed by atoms with E-state index >= 15 is 4.79 Å². The zero-order chi connectivity index (χ0) is 54.5. The van der Waals surface area contributed by atoms with Crippen LogP contribution in [0.4, 0.5) is 0 Å². The molecule has 0 saturated heterocycles. The molecule has 7 rings (SSSR count). The van der Waals surface area contributed by atoms with Crippen LogP contribution in [-0.4, -0.2) is 36.4 Å². The largest absolute Gasteiger partial charge is 0.507 e. The average Bonchev–Trinajstić information content (AvgIpc) is 3.24. The molecule has 0 fully saturated rings. The number of carbonyl (C=O) groups excluding carboxylic acids is 1. The van der Waals surface area contributed by atoms with Gasteiger partial charge in [-0.3, -0.25) is 4.79 Å². The second-order valence-corrected chi connectivity index (χ2v) is 27.3. The first kappa shape index (κ1) is 54.6. The predicted molar refractivity (Wildman–Crippen MR) is 298 cm³/mol. The van der Waals surface area contributed by atoms with E-state index in [0.717, 1.165) is 33.4 Å². The van der Waals surface area contributed by atoms with E-state index in [4.69, 9.17) is 0 Å². The summed E-state index contributed by atoms with van der Waals surface area (Å²) in [6, 6.07) is 23.2. The highest BCUT2D eigenvalue weighted by Gasteiger charge is 2.31. The van der Waals surface area contributed by atoms with Crippen LogP contribution in [0.3, 0.4) is 0 Å². The fourth-order valence-electron chi connectivity index (χ4n) is 9.89. The molecule has 0 aromatic heterocycles. The molecular weight excluding hydrogens is 905 g/mol. The second-order valence-electron chi connectivity index (χ2n) is 27.3. The quantitative estimate of drug-likeness (QED) is 0.0890. The van der Waals surface area contributed by atoms with E-state index in [0.29, 0.717) is 55.6 Å². The summed E-state index contributed by atoms with van der Waals surface area (Å²) in [5.41, 5.74) is 8.90. The molecule has 7 nitrogen and oxygen atoms in total. The molecule has 0 heterocycles. The van der Waals surface area contributed by atoms with Crippen LogP contribution in [0.25, 0.3) is 0 Å². The Morgan fingerprint density at radius 1 is 0.247 bits per heavy atom. The molecule has 0 aliphatic heterocycles. The molecule has 6 N–H and O–H groups in total. The lowest BCUT2D eigenvalue weighted by molar-refractivity contribution is 0.103. The topological polar surface area (TPSA) is 138 Å². The van der Waals surface area contributed by atoms with Crippen LogP contribution >= 0.6 is 0 Å². The van der Waals surface area contributed by atoms with Crippen molar-refractivity contribution in [2.75, 3.05) is 0 Å². The number of carbonyl (C=O) groups is 1. The van der Waals surface area contributed by atoms with Crippen LogP contribution in [0.1, 0.15) is 230 Å². The molecule has 6 aromatic carbocycles. The minimum atomic E-state index is -0.555. The monoisotopic (exact) mass is 987 g/mol. The molecule has 12 bridgehead atoms. The van der Waals surface area contributed by atoms with Crippen molar-refractivity contribution in [3.63, 3.8) is 0 Å². The smallest absolute Gasteiger partial charge is 0.200 e. The minimum Gasteiger partial charge on any atom is -0.507 e. The third kappa shape index (κ3) is 11.3. The summed E-state index contributed by atoms with van der Waals surface area (Å²) in [6.45, 7) is 37.7. The van der Waals surface area contributed by atoms with Gasteiger partial charge in [0.2, 0.25) is 5.78 Å². The molecule has 73 heavy (non-hydrogen) atoms. The van der Waals surface area contributed by atoms with Gasteiger partial charge in [0, 0.05) is 32.1 Å². The lowest BCUT2D eigenvalue weighted by Crippen LogP contribution is -2.17. The maximum Gasteiger partial charge on any atom is 0.200 e. The Kier molecular flexibility index (Phi) is 13.9. The summed E-state index contributed by atoms with van der Waals surface area (Å²) >= 11 is 0. The van der Waals surface area contributed by atoms with Gasteiger partial charge in [0.05, 0.1) is 11.1 Å². The SMILES string of the molecule is CC(C)(C)c1cc2c(O)c(c1)Cc1cc(C(C)(C)C)cc(c1O)Cc1cc(C(C)(C)C)cc(c1O)C(=O)c1cc(C(C)(C)C)cc(c1O)Cc1cc(C(C)(C)C)cc(c1O)Cc1cc(C(C)(C)C)cc(c1O)C2. The van der Waals surface area contributed by atoms with Crippen molar-refractivity contribution < 1.29 is 35.4 Å². The van der Waals surface area contributed by atoms with Crippen molar-refractivity contribution in [1.29, 1.82) is 0 Å². The van der Waals surface area contributed by atoms with E-state index < -0.39 is 16.6 Å². The highest BCUT2D eigenvalue weighted by atomic mass is 16.3. The molecule has 0 spiro atoms. The van der Waals surface area contributed by atoms with Gasteiger partial charge in [-0.05, 0) is 134 Å². The first-order valence-corrected chi connectivity index (χ1v) is 26.0. The van der Waals surface area contributed by atoms with Crippen molar-refractivity contribution in [3.05, 3.63) is 173 Å². The highest BCUT2D eigenvalue weighted by molar-refractivity contribution is 6.13. The molecule has 1 aliphatic carbocycles. The van der Waals surface area contributed by atoms with Crippen LogP contribution in [-0.2, 0) is 64.6 Å². The lowest BCUT2D eigenvalue weighted by Gasteiger charge is -2.26. The minimum absolute atomic E-state index is 0.0272. The molecule has 7 heteroatoms. The fraction of sp³-hybridized carbons (Fsp3) is 0.439. The van der Waals surface area contributed by atoms with Gasteiger partial charge in [-0.1, -0.05) is 185 Å². The van der Waals surface area contributed by atoms with Crippen molar-refractivity contribution >= 4 is 5.78 Å². The summed E-state index contributed by atoms with van der Waals surface area (Å²) < 4.78 is 0. The predicted octanol–water partition coefficient (Wildman–Crippen LogP) is 15.2. The lowest BCUT2D eigenvalue weighted by atomic mass is 9.79. The Balaban J connectivity index is 1.60. The number of fused-ring (bicyclic) bond motifs is 12. The molecule has 0 saturated carbocycles. The summed E-state index contributed by atoms with van der Waals surface area (Å²) in [7, 11) is 0. The number of phenolic OH excluding ortho intramolecular Hbond substituents is 6. The zero-order valence-electron chi connectivity index (χ0n) is 47.1. The van der Waals surface area contributed by atoms with Crippen molar-refractivity contribution in [2.24, 2.45) is 0 Å². The summed E-state index contributed by atoms with van der Waals surface area (Å²) in [5.74, 6) is -0.825. The van der Waals surface area contributed by atoms with E-state index in [1.165, 1.54) is 0 Å². The summed E-state index contributed by atoms with van der Waals surface area (Å²) in [5, 5.41) is 74.7. The van der Waals surface area contributed by atoms with Crippen LogP contribution in [0.15, 0.2) is 72.8 Å². The maximum atomic E-state index is 15.3. The van der Waals surface area contributed by atoms with Crippen LogP contribution in [0.5, 0.6) is 34.5 Å². The fourth-order valence-corrected chi connectivity index (χ4v) is 9.89. The van der Waals surface area contributed by atoms with Crippen molar-refractivity contribution in [1.82, 2.24) is 0 Å². The summed E-state index contributed by atoms with van der Waals surface area (Å²) in [4.78, 5) is 15.3. The Labute approximate surface area is 436 Å². The molecule has 0 atom stereocenters. The third-order valence-electron chi connectivity index (χ3n) is 15.0. The number of phenols is 6. The van der Waals surface area contributed by atoms with Crippen LogP contribution in [0.2, 0.25) is 0 Å². The van der Waals surface area contributed by atoms with E-state index in [1.807, 2.05) is 102 Å². The van der Waals surface area contributed by atoms with Gasteiger partial charge in [0.15, 0.2) is 0 Å². The highest BCUT2D eigenvalue weighted by Crippen LogP contribution is 2.45. The van der Waals surface area contributed by atoms with Crippen molar-refractivity contribution in [3.8, 4) is 34.5 Å². The molecule has 6 aromatic rings. The Morgan fingerprint density at radius 3 is 0.534 bits per heavy atom. The zero-order valence-corrected chi connectivity index (χ0v) is 47.1. The van der Waals surface area contributed by atoms with Gasteiger partial charge in [0.1, 0.15) is 34.5 Å². The molecule has 1 aliphatic rings. The standard InChI is InChI=1S/C66H82O7/c1-61(2,3)46-24-36-19-37-25-47(62(4,5)6)27-39(55(37)68)21-41-29-49(64(10,11)12)31-43(57(41)70)23-45-33-51(66(16,17)18)35-53(59(45)72)60(73)52-34-50(65(13,14)15)32-44(58(52)71)22-42-30-48(63(7,8)9)28-40(56(42)69)20-38(26-46)54(36)67/h24-35,67-72H,19-23H2,1-18H3. The van der Waals surface area contributed by atoms with Gasteiger partial charge >= 0.3 is 0 Å². The molecule has 0 radical (unpaired) electrons. The van der Waals surface area contributed by atoms with E-state index in [-0.39, 0.29) is 99.4 Å². The number of hydrogen-bond acceptors (Lipinski definition) is 7. The normalized spacial score (nSPS) is 14.2. The van der Waals surface area contributed by atoms with E-state index in [9.17, 15) is 30.6 Å².